The zero-order valence-corrected chi connectivity index (χ0v) is 12.0. The van der Waals surface area contributed by atoms with E-state index >= 15 is 0 Å². The number of carboxylic acids is 1. The van der Waals surface area contributed by atoms with E-state index in [0.29, 0.717) is 25.8 Å². The Kier molecular flexibility index (Phi) is 3.85. The Morgan fingerprint density at radius 3 is 2.55 bits per heavy atom. The molecule has 1 heterocycles. The number of hydrogen-bond donors (Lipinski definition) is 1. The highest BCUT2D eigenvalue weighted by atomic mass is 19.1. The van der Waals surface area contributed by atoms with Gasteiger partial charge in [-0.2, -0.15) is 0 Å². The Hall–Kier alpha value is -1.98. The highest BCUT2D eigenvalue weighted by molar-refractivity contribution is 5.84. The summed E-state index contributed by atoms with van der Waals surface area (Å²) < 4.78 is 27.5. The summed E-state index contributed by atoms with van der Waals surface area (Å²) in [4.78, 5) is 25.0. The van der Waals surface area contributed by atoms with Gasteiger partial charge in [0.2, 0.25) is 5.91 Å². The number of piperidine rings is 1. The zero-order valence-electron chi connectivity index (χ0n) is 12.0. The van der Waals surface area contributed by atoms with Crippen molar-refractivity contribution in [1.82, 2.24) is 4.90 Å². The number of hydrogen-bond acceptors (Lipinski definition) is 2. The molecule has 0 spiro atoms. The van der Waals surface area contributed by atoms with Gasteiger partial charge in [0, 0.05) is 30.5 Å². The van der Waals surface area contributed by atoms with E-state index in [1.54, 1.807) is 0 Å². The first-order chi connectivity index (χ1) is 10.5. The summed E-state index contributed by atoms with van der Waals surface area (Å²) in [6.45, 7) is 0.711. The van der Waals surface area contributed by atoms with Crippen LogP contribution in [0.25, 0.3) is 0 Å². The molecule has 1 aromatic carbocycles. The van der Waals surface area contributed by atoms with Crippen LogP contribution in [0.15, 0.2) is 18.2 Å². The van der Waals surface area contributed by atoms with Crippen molar-refractivity contribution in [3.8, 4) is 0 Å². The van der Waals surface area contributed by atoms with Crippen molar-refractivity contribution in [2.75, 3.05) is 13.1 Å². The van der Waals surface area contributed by atoms with Crippen molar-refractivity contribution in [2.24, 2.45) is 11.8 Å². The van der Waals surface area contributed by atoms with Crippen LogP contribution in [0.3, 0.4) is 0 Å². The summed E-state index contributed by atoms with van der Waals surface area (Å²) in [6, 6.07) is 3.69. The summed E-state index contributed by atoms with van der Waals surface area (Å²) in [5, 5.41) is 9.06. The molecule has 118 valence electrons. The standard InChI is InChI=1S/C16H17F2NO3/c17-12-4-1-5-13(18)14(12)10-7-11(10)15(20)19-6-2-3-9(8-19)16(21)22/h1,4-5,9-11H,2-3,6-8H2,(H,21,22)/t9-,10?,11?/m0/s1. The van der Waals surface area contributed by atoms with Gasteiger partial charge in [-0.25, -0.2) is 8.78 Å². The second-order valence-corrected chi connectivity index (χ2v) is 6.05. The van der Waals surface area contributed by atoms with E-state index in [2.05, 4.69) is 0 Å². The van der Waals surface area contributed by atoms with Crippen molar-refractivity contribution in [3.05, 3.63) is 35.4 Å². The molecule has 6 heteroatoms. The Bertz CT molecular complexity index is 599. The van der Waals surface area contributed by atoms with Crippen molar-refractivity contribution in [2.45, 2.75) is 25.2 Å². The Morgan fingerprint density at radius 1 is 1.23 bits per heavy atom. The molecule has 2 unspecified atom stereocenters. The van der Waals surface area contributed by atoms with Crippen molar-refractivity contribution >= 4 is 11.9 Å². The van der Waals surface area contributed by atoms with Crippen molar-refractivity contribution < 1.29 is 23.5 Å². The molecule has 1 aromatic rings. The maximum atomic E-state index is 13.7. The minimum atomic E-state index is -0.898. The number of rotatable bonds is 3. The van der Waals surface area contributed by atoms with E-state index in [-0.39, 0.29) is 18.0 Å². The van der Waals surface area contributed by atoms with Gasteiger partial charge in [0.25, 0.3) is 0 Å². The summed E-state index contributed by atoms with van der Waals surface area (Å²) >= 11 is 0. The molecule has 1 saturated heterocycles. The summed E-state index contributed by atoms with van der Waals surface area (Å²) in [7, 11) is 0. The minimum Gasteiger partial charge on any atom is -0.481 e. The van der Waals surface area contributed by atoms with Crippen LogP contribution in [0.4, 0.5) is 8.78 Å². The molecule has 22 heavy (non-hydrogen) atoms. The molecule has 1 N–H and O–H groups in total. The number of benzene rings is 1. The van der Waals surface area contributed by atoms with Gasteiger partial charge in [0.15, 0.2) is 0 Å². The maximum absolute atomic E-state index is 13.7. The Morgan fingerprint density at radius 2 is 1.91 bits per heavy atom. The van der Waals surface area contributed by atoms with Crippen LogP contribution in [0.1, 0.15) is 30.7 Å². The van der Waals surface area contributed by atoms with Gasteiger partial charge in [0.05, 0.1) is 5.92 Å². The molecule has 1 aliphatic carbocycles. The van der Waals surface area contributed by atoms with Crippen LogP contribution in [0, 0.1) is 23.5 Å². The highest BCUT2D eigenvalue weighted by Crippen LogP contribution is 2.50. The van der Waals surface area contributed by atoms with Gasteiger partial charge >= 0.3 is 5.97 Å². The average Bonchev–Trinajstić information content (AvgIpc) is 3.26. The predicted molar refractivity (Wildman–Crippen MR) is 74.1 cm³/mol. The van der Waals surface area contributed by atoms with E-state index < -0.39 is 35.4 Å². The van der Waals surface area contributed by atoms with Gasteiger partial charge in [-0.15, -0.1) is 0 Å². The molecule has 0 bridgehead atoms. The normalized spacial score (nSPS) is 27.5. The molecule has 0 radical (unpaired) electrons. The highest BCUT2D eigenvalue weighted by Gasteiger charge is 2.48. The first kappa shape index (κ1) is 14.9. The van der Waals surface area contributed by atoms with Crippen LogP contribution in [0.5, 0.6) is 0 Å². The second kappa shape index (κ2) is 5.66. The van der Waals surface area contributed by atoms with Crippen LogP contribution in [-0.4, -0.2) is 35.0 Å². The Labute approximate surface area is 126 Å². The fourth-order valence-electron chi connectivity index (χ4n) is 3.27. The zero-order chi connectivity index (χ0) is 15.9. The summed E-state index contributed by atoms with van der Waals surface area (Å²) in [6.07, 6.45) is 1.63. The predicted octanol–water partition coefficient (Wildman–Crippen LogP) is 2.39. The number of halogens is 2. The average molecular weight is 309 g/mol. The first-order valence-electron chi connectivity index (χ1n) is 7.44. The third-order valence-electron chi connectivity index (χ3n) is 4.56. The van der Waals surface area contributed by atoms with E-state index in [9.17, 15) is 18.4 Å². The largest absolute Gasteiger partial charge is 0.481 e. The van der Waals surface area contributed by atoms with Gasteiger partial charge in [-0.05, 0) is 31.4 Å². The lowest BCUT2D eigenvalue weighted by Crippen LogP contribution is -2.43. The summed E-state index contributed by atoms with van der Waals surface area (Å²) in [5.74, 6) is -3.73. The molecular formula is C16H17F2NO3. The lowest BCUT2D eigenvalue weighted by molar-refractivity contribution is -0.146. The minimum absolute atomic E-state index is 0.0207. The maximum Gasteiger partial charge on any atom is 0.308 e. The quantitative estimate of drug-likeness (QED) is 0.932. The SMILES string of the molecule is O=C(O)[C@H]1CCCN(C(=O)C2CC2c2c(F)cccc2F)C1. The molecule has 1 saturated carbocycles. The lowest BCUT2D eigenvalue weighted by Gasteiger charge is -2.31. The number of likely N-dealkylation sites (tertiary alicyclic amines) is 1. The van der Waals surface area contributed by atoms with E-state index in [4.69, 9.17) is 5.11 Å². The van der Waals surface area contributed by atoms with Crippen LogP contribution in [-0.2, 0) is 9.59 Å². The third kappa shape index (κ3) is 2.69. The Balaban J connectivity index is 1.69. The first-order valence-corrected chi connectivity index (χ1v) is 7.44. The third-order valence-corrected chi connectivity index (χ3v) is 4.56. The molecule has 2 fully saturated rings. The molecule has 1 aliphatic heterocycles. The van der Waals surface area contributed by atoms with Gasteiger partial charge < -0.3 is 10.0 Å². The number of carbonyl (C=O) groups is 2. The summed E-state index contributed by atoms with van der Waals surface area (Å²) in [5.41, 5.74) is -0.0207. The van der Waals surface area contributed by atoms with E-state index in [1.807, 2.05) is 0 Å². The number of nitrogens with zero attached hydrogens (tertiary/aromatic N) is 1. The van der Waals surface area contributed by atoms with E-state index in [1.165, 1.54) is 23.1 Å². The van der Waals surface area contributed by atoms with Gasteiger partial charge in [-0.3, -0.25) is 9.59 Å². The molecule has 2 aliphatic rings. The molecular weight excluding hydrogens is 292 g/mol. The van der Waals surface area contributed by atoms with Crippen LogP contribution >= 0.6 is 0 Å². The monoisotopic (exact) mass is 309 g/mol. The topological polar surface area (TPSA) is 57.6 Å². The smallest absolute Gasteiger partial charge is 0.308 e. The molecule has 3 atom stereocenters. The van der Waals surface area contributed by atoms with Gasteiger partial charge in [-0.1, -0.05) is 6.07 Å². The molecule has 4 nitrogen and oxygen atoms in total. The van der Waals surface area contributed by atoms with Crippen molar-refractivity contribution in [3.63, 3.8) is 0 Å². The lowest BCUT2D eigenvalue weighted by atomic mass is 9.97. The molecule has 1 amide bonds. The number of carbonyl (C=O) groups excluding carboxylic acids is 1. The molecule has 3 rings (SSSR count). The van der Waals surface area contributed by atoms with E-state index in [0.717, 1.165) is 0 Å². The fourth-order valence-corrected chi connectivity index (χ4v) is 3.27. The van der Waals surface area contributed by atoms with Crippen LogP contribution < -0.4 is 0 Å². The van der Waals surface area contributed by atoms with Gasteiger partial charge in [0.1, 0.15) is 11.6 Å². The number of amides is 1. The second-order valence-electron chi connectivity index (χ2n) is 6.05. The van der Waals surface area contributed by atoms with Crippen LogP contribution in [0.2, 0.25) is 0 Å². The van der Waals surface area contributed by atoms with Crippen molar-refractivity contribution in [1.29, 1.82) is 0 Å². The number of aliphatic carboxylic acids is 1. The number of carboxylic acid groups (broad SMARTS) is 1. The fraction of sp³-hybridized carbons (Fsp3) is 0.500. The molecule has 0 aromatic heterocycles.